The van der Waals surface area contributed by atoms with Crippen LogP contribution in [0.4, 0.5) is 0 Å². The van der Waals surface area contributed by atoms with Gasteiger partial charge in [-0.3, -0.25) is 0 Å². The molecule has 0 saturated heterocycles. The molecule has 0 aromatic heterocycles. The minimum atomic E-state index is 0. The van der Waals surface area contributed by atoms with E-state index in [2.05, 4.69) is 0 Å². The quantitative estimate of drug-likeness (QED) is 0.406. The van der Waals surface area contributed by atoms with E-state index < -0.39 is 0 Å². The first-order valence-corrected chi connectivity index (χ1v) is 0.894. The van der Waals surface area contributed by atoms with Gasteiger partial charge in [-0.1, -0.05) is 0 Å². The molecule has 0 aromatic rings. The van der Waals surface area contributed by atoms with Gasteiger partial charge in [0.05, 0.1) is 0 Å². The second-order valence-corrected chi connectivity index (χ2v) is 0. The summed E-state index contributed by atoms with van der Waals surface area (Å²) in [4.78, 5) is 0. The molecule has 0 aliphatic rings. The van der Waals surface area contributed by atoms with Crippen molar-refractivity contribution in [3.8, 4) is 0 Å². The van der Waals surface area contributed by atoms with Crippen molar-refractivity contribution in [1.82, 2.24) is 0 Å². The molecule has 0 bridgehead atoms. The molecule has 0 aliphatic carbocycles. The van der Waals surface area contributed by atoms with Crippen molar-refractivity contribution in [2.75, 3.05) is 0 Å². The van der Waals surface area contributed by atoms with E-state index in [1.54, 1.807) is 0 Å². The largest absolute Gasteiger partial charge is 2.00 e. The molecule has 0 amide bonds. The van der Waals surface area contributed by atoms with E-state index in [4.69, 9.17) is 47.3 Å². The summed E-state index contributed by atoms with van der Waals surface area (Å²) in [6.07, 6.45) is 0. The van der Waals surface area contributed by atoms with Crippen LogP contribution in [-0.4, -0.2) is 37.7 Å². The maximum absolute atomic E-state index is 6.25. The van der Waals surface area contributed by atoms with Gasteiger partial charge in [0.25, 0.3) is 0 Å². The summed E-state index contributed by atoms with van der Waals surface area (Å²) in [5.74, 6) is 0. The standard InChI is InChI=1S/4CN.Ca.Fe/c4*1-2;;/q4*-1;2*+2. The molecule has 0 rings (SSSR count). The first-order valence-electron chi connectivity index (χ1n) is 0.894. The average Bonchev–Trinajstić information content (AvgIpc) is 2.03. The molecule has 0 atom stereocenters. The number of hydrogen-bond donors (Lipinski definition) is 0. The zero-order valence-corrected chi connectivity index (χ0v) is 8.16. The summed E-state index contributed by atoms with van der Waals surface area (Å²) < 4.78 is 0. The third-order valence-corrected chi connectivity index (χ3v) is 0. The molecular formula is C4CaFeN4. The molecule has 6 heteroatoms. The fourth-order valence-corrected chi connectivity index (χ4v) is 0. The molecule has 0 heterocycles. The maximum atomic E-state index is 6.25. The fraction of sp³-hybridized carbons (Fsp3) is 0. The van der Waals surface area contributed by atoms with Crippen molar-refractivity contribution >= 4 is 37.7 Å². The van der Waals surface area contributed by atoms with Crippen molar-refractivity contribution in [2.45, 2.75) is 0 Å². The monoisotopic (exact) mass is 200 g/mol. The van der Waals surface area contributed by atoms with Gasteiger partial charge in [-0.25, -0.2) is 0 Å². The molecule has 10 heavy (non-hydrogen) atoms. The molecule has 0 unspecified atom stereocenters. The van der Waals surface area contributed by atoms with E-state index >= 15 is 0 Å². The van der Waals surface area contributed by atoms with Crippen LogP contribution in [0.1, 0.15) is 0 Å². The number of rotatable bonds is 0. The van der Waals surface area contributed by atoms with Crippen LogP contribution < -0.4 is 0 Å². The predicted molar refractivity (Wildman–Crippen MR) is 25.6 cm³/mol. The van der Waals surface area contributed by atoms with Crippen LogP contribution >= 0.6 is 0 Å². The van der Waals surface area contributed by atoms with Crippen LogP contribution in [0.25, 0.3) is 0 Å². The Hall–Kier alpha value is -0.261. The van der Waals surface area contributed by atoms with Crippen LogP contribution in [0.3, 0.4) is 0 Å². The minimum Gasteiger partial charge on any atom is -0.512 e. The summed E-state index contributed by atoms with van der Waals surface area (Å²) in [5, 5.41) is 25.0. The van der Waals surface area contributed by atoms with Gasteiger partial charge in [-0.2, -0.15) is 0 Å². The Labute approximate surface area is 101 Å². The van der Waals surface area contributed by atoms with E-state index in [0.29, 0.717) is 0 Å². The number of hydrogen-bond acceptors (Lipinski definition) is 4. The Morgan fingerprint density at radius 1 is 0.500 bits per heavy atom. The van der Waals surface area contributed by atoms with Gasteiger partial charge >= 0.3 is 54.8 Å². The molecule has 46 valence electrons. The fourth-order valence-electron chi connectivity index (χ4n) is 0. The molecule has 0 N–H and O–H groups in total. The second kappa shape index (κ2) is 7700. The van der Waals surface area contributed by atoms with Crippen molar-refractivity contribution in [2.24, 2.45) is 0 Å². The summed E-state index contributed by atoms with van der Waals surface area (Å²) in [6, 6.07) is 0. The van der Waals surface area contributed by atoms with Gasteiger partial charge < -0.3 is 47.3 Å². The first-order chi connectivity index (χ1) is 4.00. The van der Waals surface area contributed by atoms with E-state index in [9.17, 15) is 0 Å². The van der Waals surface area contributed by atoms with E-state index in [0.717, 1.165) is 0 Å². The molecule has 0 radical (unpaired) electrons. The van der Waals surface area contributed by atoms with Crippen LogP contribution in [0.5, 0.6) is 0 Å². The van der Waals surface area contributed by atoms with Gasteiger partial charge in [0.1, 0.15) is 0 Å². The summed E-state index contributed by atoms with van der Waals surface area (Å²) in [6.45, 7) is 19.0. The van der Waals surface area contributed by atoms with Gasteiger partial charge in [0.15, 0.2) is 0 Å². The van der Waals surface area contributed by atoms with E-state index in [-0.39, 0.29) is 54.8 Å². The van der Waals surface area contributed by atoms with Gasteiger partial charge in [0, 0.05) is 0 Å². The minimum absolute atomic E-state index is 0. The molecule has 0 spiro atoms. The SMILES string of the molecule is [C-]#N.[C-]#N.[C-]#N.[C-]#N.[Ca+2].[Fe+2]. The Balaban J connectivity index is -0.00000000500. The first kappa shape index (κ1) is 53.2. The Bertz CT molecular complexity index is 60.2. The van der Waals surface area contributed by atoms with E-state index in [1.807, 2.05) is 0 Å². The average molecular weight is 200 g/mol. The maximum Gasteiger partial charge on any atom is 2.00 e. The Kier molecular flexibility index (Phi) is 40900. The van der Waals surface area contributed by atoms with E-state index in [1.165, 1.54) is 0 Å². The van der Waals surface area contributed by atoms with Gasteiger partial charge in [0.2, 0.25) is 0 Å². The zero-order valence-electron chi connectivity index (χ0n) is 4.85. The van der Waals surface area contributed by atoms with Crippen LogP contribution in [0, 0.1) is 47.3 Å². The normalized spacial score (nSPS) is 0.800. The molecule has 0 aromatic carbocycles. The van der Waals surface area contributed by atoms with Crippen LogP contribution in [-0.2, 0) is 17.1 Å². The second-order valence-electron chi connectivity index (χ2n) is 0. The summed E-state index contributed by atoms with van der Waals surface area (Å²) in [5.41, 5.74) is 0. The topological polar surface area (TPSA) is 95.2 Å². The molecular weight excluding hydrogens is 200 g/mol. The molecule has 4 nitrogen and oxygen atoms in total. The third kappa shape index (κ3) is 5170. The van der Waals surface area contributed by atoms with Crippen molar-refractivity contribution in [3.05, 3.63) is 26.3 Å². The molecule has 0 fully saturated rings. The molecule has 0 saturated carbocycles. The summed E-state index contributed by atoms with van der Waals surface area (Å²) >= 11 is 0. The smallest absolute Gasteiger partial charge is 0.512 e. The Morgan fingerprint density at radius 3 is 0.500 bits per heavy atom. The van der Waals surface area contributed by atoms with Crippen molar-refractivity contribution in [1.29, 1.82) is 21.0 Å². The zero-order chi connectivity index (χ0) is 8.00. The Morgan fingerprint density at radius 2 is 0.500 bits per heavy atom. The van der Waals surface area contributed by atoms with Gasteiger partial charge in [-0.05, 0) is 0 Å². The molecule has 0 aliphatic heterocycles. The van der Waals surface area contributed by atoms with Crippen molar-refractivity contribution < 1.29 is 17.1 Å². The van der Waals surface area contributed by atoms with Crippen molar-refractivity contribution in [3.63, 3.8) is 0 Å². The predicted octanol–water partition coefficient (Wildman–Crippen LogP) is 0.00218. The number of nitrogens with zero attached hydrogens (tertiary/aromatic N) is 4. The third-order valence-electron chi connectivity index (χ3n) is 0. The summed E-state index contributed by atoms with van der Waals surface area (Å²) in [7, 11) is 0. The van der Waals surface area contributed by atoms with Crippen LogP contribution in [0.15, 0.2) is 0 Å². The van der Waals surface area contributed by atoms with Crippen LogP contribution in [0.2, 0.25) is 0 Å². The van der Waals surface area contributed by atoms with Gasteiger partial charge in [-0.15, -0.1) is 0 Å².